The Hall–Kier alpha value is -1.02. The molecule has 0 saturated heterocycles. The molecule has 1 heterocycles. The Morgan fingerprint density at radius 3 is 3.00 bits per heavy atom. The largest absolute Gasteiger partial charge is 0.372 e. The van der Waals surface area contributed by atoms with Gasteiger partial charge >= 0.3 is 0 Å². The van der Waals surface area contributed by atoms with Crippen molar-refractivity contribution in [2.75, 3.05) is 18.5 Å². The van der Waals surface area contributed by atoms with Crippen LogP contribution in [0.1, 0.15) is 24.1 Å². The minimum Gasteiger partial charge on any atom is -0.372 e. The predicted octanol–water partition coefficient (Wildman–Crippen LogP) is 1.70. The van der Waals surface area contributed by atoms with Gasteiger partial charge in [-0.3, -0.25) is 0 Å². The zero-order chi connectivity index (χ0) is 9.42. The molecular formula is C11H16N2. The van der Waals surface area contributed by atoms with Crippen LogP contribution < -0.4 is 10.6 Å². The second kappa shape index (κ2) is 3.04. The lowest BCUT2D eigenvalue weighted by Crippen LogP contribution is -2.20. The molecule has 2 nitrogen and oxygen atoms in total. The van der Waals surface area contributed by atoms with Gasteiger partial charge in [-0.2, -0.15) is 0 Å². The molecule has 0 aromatic heterocycles. The highest BCUT2D eigenvalue weighted by atomic mass is 15.1. The third-order valence-electron chi connectivity index (χ3n) is 2.78. The number of nitrogens with zero attached hydrogens (tertiary/aromatic N) is 1. The fraction of sp³-hybridized carbons (Fsp3) is 0.455. The van der Waals surface area contributed by atoms with Gasteiger partial charge < -0.3 is 10.6 Å². The number of benzene rings is 1. The van der Waals surface area contributed by atoms with E-state index in [0.29, 0.717) is 0 Å². The lowest BCUT2D eigenvalue weighted by Gasteiger charge is -2.15. The van der Waals surface area contributed by atoms with E-state index in [2.05, 4.69) is 37.1 Å². The van der Waals surface area contributed by atoms with Crippen LogP contribution in [0.3, 0.4) is 0 Å². The molecule has 70 valence electrons. The van der Waals surface area contributed by atoms with E-state index in [1.807, 2.05) is 0 Å². The SMILES string of the molecule is CCc1cccc2c1N(C)CC2N. The van der Waals surface area contributed by atoms with Crippen LogP contribution in [0.25, 0.3) is 0 Å². The van der Waals surface area contributed by atoms with Gasteiger partial charge in [0, 0.05) is 25.3 Å². The molecule has 0 fully saturated rings. The second-order valence-corrected chi connectivity index (χ2v) is 3.70. The first-order valence-electron chi connectivity index (χ1n) is 4.82. The van der Waals surface area contributed by atoms with Crippen molar-refractivity contribution < 1.29 is 0 Å². The second-order valence-electron chi connectivity index (χ2n) is 3.70. The summed E-state index contributed by atoms with van der Waals surface area (Å²) in [5, 5.41) is 0. The molecule has 0 radical (unpaired) electrons. The van der Waals surface area contributed by atoms with Gasteiger partial charge in [0.25, 0.3) is 0 Å². The van der Waals surface area contributed by atoms with Gasteiger partial charge in [-0.25, -0.2) is 0 Å². The maximum absolute atomic E-state index is 6.02. The van der Waals surface area contributed by atoms with Crippen LogP contribution in [0, 0.1) is 0 Å². The van der Waals surface area contributed by atoms with Crippen LogP contribution in [0.15, 0.2) is 18.2 Å². The van der Waals surface area contributed by atoms with Gasteiger partial charge in [-0.1, -0.05) is 25.1 Å². The van der Waals surface area contributed by atoms with Crippen LogP contribution in [0.2, 0.25) is 0 Å². The minimum absolute atomic E-state index is 0.200. The Morgan fingerprint density at radius 2 is 2.31 bits per heavy atom. The molecule has 1 aromatic carbocycles. The highest BCUT2D eigenvalue weighted by Crippen LogP contribution is 2.35. The number of para-hydroxylation sites is 1. The van der Waals surface area contributed by atoms with Crippen molar-refractivity contribution in [1.29, 1.82) is 0 Å². The van der Waals surface area contributed by atoms with Crippen molar-refractivity contribution in [3.05, 3.63) is 29.3 Å². The van der Waals surface area contributed by atoms with Crippen molar-refractivity contribution in [1.82, 2.24) is 0 Å². The third-order valence-corrected chi connectivity index (χ3v) is 2.78. The summed E-state index contributed by atoms with van der Waals surface area (Å²) in [5.74, 6) is 0. The van der Waals surface area contributed by atoms with E-state index in [1.165, 1.54) is 16.8 Å². The standard InChI is InChI=1S/C11H16N2/c1-3-8-5-4-6-9-10(12)7-13(2)11(8)9/h4-6,10H,3,7,12H2,1-2H3. The maximum Gasteiger partial charge on any atom is 0.0493 e. The van der Waals surface area contributed by atoms with E-state index in [0.717, 1.165) is 13.0 Å². The van der Waals surface area contributed by atoms with Crippen LogP contribution >= 0.6 is 0 Å². The van der Waals surface area contributed by atoms with Gasteiger partial charge in [-0.05, 0) is 17.5 Å². The van der Waals surface area contributed by atoms with Crippen molar-refractivity contribution >= 4 is 5.69 Å². The molecule has 1 aliphatic heterocycles. The summed E-state index contributed by atoms with van der Waals surface area (Å²) in [6.07, 6.45) is 1.08. The third kappa shape index (κ3) is 1.22. The van der Waals surface area contributed by atoms with Crippen molar-refractivity contribution in [3.63, 3.8) is 0 Å². The highest BCUT2D eigenvalue weighted by molar-refractivity contribution is 5.64. The monoisotopic (exact) mass is 176 g/mol. The number of fused-ring (bicyclic) bond motifs is 1. The van der Waals surface area contributed by atoms with E-state index in [-0.39, 0.29) is 6.04 Å². The summed E-state index contributed by atoms with van der Waals surface area (Å²) in [6.45, 7) is 3.14. The van der Waals surface area contributed by atoms with Gasteiger partial charge in [0.05, 0.1) is 0 Å². The first kappa shape index (κ1) is 8.57. The van der Waals surface area contributed by atoms with Gasteiger partial charge in [0.2, 0.25) is 0 Å². The van der Waals surface area contributed by atoms with Crippen molar-refractivity contribution in [2.24, 2.45) is 5.73 Å². The summed E-state index contributed by atoms with van der Waals surface area (Å²) < 4.78 is 0. The Morgan fingerprint density at radius 1 is 1.54 bits per heavy atom. The molecule has 0 amide bonds. The molecule has 2 heteroatoms. The number of likely N-dealkylation sites (N-methyl/N-ethyl adjacent to an activating group) is 1. The molecule has 0 aliphatic carbocycles. The average Bonchev–Trinajstić information content (AvgIpc) is 2.43. The minimum atomic E-state index is 0.200. The number of rotatable bonds is 1. The molecule has 1 aromatic rings. The fourth-order valence-corrected chi connectivity index (χ4v) is 2.15. The van der Waals surface area contributed by atoms with Crippen LogP contribution in [0.4, 0.5) is 5.69 Å². The van der Waals surface area contributed by atoms with Crippen molar-refractivity contribution in [2.45, 2.75) is 19.4 Å². The summed E-state index contributed by atoms with van der Waals surface area (Å²) in [4.78, 5) is 2.26. The lowest BCUT2D eigenvalue weighted by atomic mass is 10.0. The average molecular weight is 176 g/mol. The molecule has 1 unspecified atom stereocenters. The zero-order valence-electron chi connectivity index (χ0n) is 8.25. The highest BCUT2D eigenvalue weighted by Gasteiger charge is 2.24. The Kier molecular flexibility index (Phi) is 2.00. The van der Waals surface area contributed by atoms with Crippen LogP contribution in [0.5, 0.6) is 0 Å². The smallest absolute Gasteiger partial charge is 0.0493 e. The number of anilines is 1. The molecule has 0 spiro atoms. The quantitative estimate of drug-likeness (QED) is 0.705. The zero-order valence-corrected chi connectivity index (χ0v) is 8.25. The first-order chi connectivity index (χ1) is 6.24. The van der Waals surface area contributed by atoms with Gasteiger partial charge in [0.1, 0.15) is 0 Å². The van der Waals surface area contributed by atoms with E-state index >= 15 is 0 Å². The summed E-state index contributed by atoms with van der Waals surface area (Å²) in [6, 6.07) is 6.64. The number of nitrogens with two attached hydrogens (primary N) is 1. The number of hydrogen-bond acceptors (Lipinski definition) is 2. The molecule has 0 bridgehead atoms. The molecule has 2 rings (SSSR count). The predicted molar refractivity (Wildman–Crippen MR) is 56.0 cm³/mol. The molecule has 1 atom stereocenters. The molecule has 13 heavy (non-hydrogen) atoms. The van der Waals surface area contributed by atoms with E-state index in [9.17, 15) is 0 Å². The number of hydrogen-bond donors (Lipinski definition) is 1. The Bertz CT molecular complexity index is 320. The van der Waals surface area contributed by atoms with E-state index in [1.54, 1.807) is 0 Å². The Balaban J connectivity index is 2.55. The molecule has 2 N–H and O–H groups in total. The van der Waals surface area contributed by atoms with Crippen LogP contribution in [-0.4, -0.2) is 13.6 Å². The normalized spacial score (nSPS) is 20.5. The van der Waals surface area contributed by atoms with Gasteiger partial charge in [0.15, 0.2) is 0 Å². The Labute approximate surface area is 79.4 Å². The lowest BCUT2D eigenvalue weighted by molar-refractivity contribution is 0.760. The van der Waals surface area contributed by atoms with Crippen LogP contribution in [-0.2, 0) is 6.42 Å². The molecular weight excluding hydrogens is 160 g/mol. The fourth-order valence-electron chi connectivity index (χ4n) is 2.15. The first-order valence-corrected chi connectivity index (χ1v) is 4.82. The van der Waals surface area contributed by atoms with Crippen molar-refractivity contribution in [3.8, 4) is 0 Å². The summed E-state index contributed by atoms with van der Waals surface area (Å²) in [7, 11) is 2.12. The summed E-state index contributed by atoms with van der Waals surface area (Å²) in [5.41, 5.74) is 10.1. The van der Waals surface area contributed by atoms with E-state index in [4.69, 9.17) is 5.73 Å². The number of aryl methyl sites for hydroxylation is 1. The summed E-state index contributed by atoms with van der Waals surface area (Å²) >= 11 is 0. The maximum atomic E-state index is 6.02. The molecule has 0 saturated carbocycles. The topological polar surface area (TPSA) is 29.3 Å². The molecule has 1 aliphatic rings. The van der Waals surface area contributed by atoms with E-state index < -0.39 is 0 Å². The van der Waals surface area contributed by atoms with Gasteiger partial charge in [-0.15, -0.1) is 0 Å².